The summed E-state index contributed by atoms with van der Waals surface area (Å²) in [6.45, 7) is 3.27. The van der Waals surface area contributed by atoms with Gasteiger partial charge in [0.1, 0.15) is 14.4 Å². The van der Waals surface area contributed by atoms with Gasteiger partial charge in [0.2, 0.25) is 17.8 Å². The van der Waals surface area contributed by atoms with Crippen LogP contribution in [0.5, 0.6) is 0 Å². The second-order valence-electron chi connectivity index (χ2n) is 7.07. The topological polar surface area (TPSA) is 92.3 Å². The van der Waals surface area contributed by atoms with Crippen molar-refractivity contribution < 1.29 is 29.0 Å². The molecule has 1 saturated carbocycles. The van der Waals surface area contributed by atoms with Crippen molar-refractivity contribution in [3.8, 4) is 0 Å². The maximum Gasteiger partial charge on any atom is 0.261 e. The van der Waals surface area contributed by atoms with Gasteiger partial charge in [-0.1, -0.05) is 31.4 Å². The van der Waals surface area contributed by atoms with Crippen molar-refractivity contribution in [3.05, 3.63) is 47.5 Å². The first-order chi connectivity index (χ1) is 14.6. The summed E-state index contributed by atoms with van der Waals surface area (Å²) in [6, 6.07) is 4.12. The predicted molar refractivity (Wildman–Crippen MR) is 108 cm³/mol. The zero-order chi connectivity index (χ0) is 23.0. The fraction of sp³-hybridized carbons (Fsp3) is 0.350. The zero-order valence-corrected chi connectivity index (χ0v) is 16.8. The third-order valence-electron chi connectivity index (χ3n) is 4.98. The third kappa shape index (κ3) is 4.04. The summed E-state index contributed by atoms with van der Waals surface area (Å²) in [5.74, 6) is -6.52. The molecule has 0 unspecified atom stereocenters. The maximum atomic E-state index is 13.7. The molecule has 1 aromatic heterocycles. The molecule has 7 nitrogen and oxygen atoms in total. The summed E-state index contributed by atoms with van der Waals surface area (Å²) >= 11 is 0. The molecule has 3 amide bonds. The van der Waals surface area contributed by atoms with E-state index in [1.165, 1.54) is 18.2 Å². The van der Waals surface area contributed by atoms with Gasteiger partial charge < -0.3 is 0 Å². The number of anilines is 1. The Labute approximate surface area is 178 Å². The van der Waals surface area contributed by atoms with Gasteiger partial charge in [0.25, 0.3) is 11.8 Å². The largest absolute Gasteiger partial charge is 0.293 e. The first-order valence-corrected chi connectivity index (χ1v) is 9.53. The average molecular weight is 432 g/mol. The third-order valence-corrected chi connectivity index (χ3v) is 4.98. The van der Waals surface area contributed by atoms with Crippen LogP contribution in [-0.2, 0) is 15.0 Å². The van der Waals surface area contributed by atoms with Crippen molar-refractivity contribution >= 4 is 37.0 Å². The molecule has 0 saturated heterocycles. The Balaban J connectivity index is 0.00000118. The second-order valence-corrected chi connectivity index (χ2v) is 7.07. The van der Waals surface area contributed by atoms with Crippen molar-refractivity contribution in [2.75, 3.05) is 11.9 Å². The van der Waals surface area contributed by atoms with Crippen LogP contribution < -0.4 is 10.8 Å². The van der Waals surface area contributed by atoms with Crippen LogP contribution in [0.4, 0.5) is 19.1 Å². The Morgan fingerprint density at radius 1 is 1.23 bits per heavy atom. The summed E-state index contributed by atoms with van der Waals surface area (Å²) in [7, 11) is 5.72. The number of carbonyl (C=O) groups is 3. The van der Waals surface area contributed by atoms with E-state index in [2.05, 4.69) is 15.3 Å². The van der Waals surface area contributed by atoms with Crippen molar-refractivity contribution in [3.63, 3.8) is 0 Å². The fourth-order valence-corrected chi connectivity index (χ4v) is 3.76. The summed E-state index contributed by atoms with van der Waals surface area (Å²) < 4.78 is 40.3. The minimum absolute atomic E-state index is 0. The lowest BCUT2D eigenvalue weighted by atomic mass is 9.58. The van der Waals surface area contributed by atoms with E-state index in [1.807, 2.05) is 13.8 Å². The lowest BCUT2D eigenvalue weighted by molar-refractivity contribution is -0.167. The number of hydrogen-bond acceptors (Lipinski definition) is 5. The minimum Gasteiger partial charge on any atom is -0.293 e. The predicted octanol–water partition coefficient (Wildman–Crippen LogP) is 1.97. The molecule has 1 fully saturated rings. The number of benzene rings is 1. The van der Waals surface area contributed by atoms with E-state index in [0.717, 1.165) is 12.4 Å². The molecular weight excluding hydrogens is 412 g/mol. The molecule has 1 aliphatic carbocycles. The Morgan fingerprint density at radius 3 is 2.42 bits per heavy atom. The molecule has 2 radical (unpaired) electrons. The zero-order valence-electron chi connectivity index (χ0n) is 16.8. The maximum absolute atomic E-state index is 13.7. The van der Waals surface area contributed by atoms with E-state index in [0.29, 0.717) is 4.90 Å². The smallest absolute Gasteiger partial charge is 0.261 e. The Bertz CT molecular complexity index is 1040. The van der Waals surface area contributed by atoms with Crippen molar-refractivity contribution in [1.29, 1.82) is 0 Å². The Morgan fingerprint density at radius 2 is 1.84 bits per heavy atom. The van der Waals surface area contributed by atoms with Crippen LogP contribution in [0, 0.1) is 5.82 Å². The molecule has 0 bridgehead atoms. The van der Waals surface area contributed by atoms with Crippen LogP contribution in [0.1, 0.15) is 44.0 Å². The van der Waals surface area contributed by atoms with Gasteiger partial charge in [-0.15, -0.1) is 0 Å². The number of aromatic nitrogens is 2. The highest BCUT2D eigenvalue weighted by atomic mass is 19.3. The molecule has 1 aliphatic heterocycles. The van der Waals surface area contributed by atoms with Crippen LogP contribution in [0.25, 0.3) is 0 Å². The highest BCUT2D eigenvalue weighted by Crippen LogP contribution is 2.56. The van der Waals surface area contributed by atoms with Crippen LogP contribution in [0.2, 0.25) is 0 Å². The molecule has 2 heterocycles. The first kappa shape index (κ1) is 22.5. The van der Waals surface area contributed by atoms with Gasteiger partial charge in [-0.2, -0.15) is 0 Å². The lowest BCUT2D eigenvalue weighted by Gasteiger charge is -2.50. The Hall–Kier alpha value is -3.24. The van der Waals surface area contributed by atoms with Gasteiger partial charge in [0.15, 0.2) is 5.82 Å². The van der Waals surface area contributed by atoms with Crippen molar-refractivity contribution in [1.82, 2.24) is 14.9 Å². The highest BCUT2D eigenvalue weighted by molar-refractivity contribution is 6.32. The van der Waals surface area contributed by atoms with Crippen molar-refractivity contribution in [2.24, 2.45) is 0 Å². The molecule has 1 N–H and O–H groups in total. The first-order valence-electron chi connectivity index (χ1n) is 9.53. The van der Waals surface area contributed by atoms with Gasteiger partial charge in [-0.3, -0.25) is 24.6 Å². The summed E-state index contributed by atoms with van der Waals surface area (Å²) in [5, 5.41) is 2.23. The normalized spacial score (nSPS) is 17.9. The molecule has 4 rings (SSSR count). The number of nitrogens with one attached hydrogen (secondary N) is 1. The Kier molecular flexibility index (Phi) is 5.88. The number of hydrogen-bond donors (Lipinski definition) is 1. The fourth-order valence-electron chi connectivity index (χ4n) is 3.76. The van der Waals surface area contributed by atoms with E-state index >= 15 is 0 Å². The van der Waals surface area contributed by atoms with Crippen LogP contribution in [0.3, 0.4) is 0 Å². The van der Waals surface area contributed by atoms with E-state index in [-0.39, 0.29) is 24.0 Å². The molecule has 1 spiro atoms. The molecule has 162 valence electrons. The SMILES string of the molecule is CC.[B]c1ccc2c(c1)C1(CC(F)(F)C1)C(=O)N(CC(=O)Nc1ncc(F)cn1)C2=O.[HH]. The summed E-state index contributed by atoms with van der Waals surface area (Å²) in [4.78, 5) is 45.8. The van der Waals surface area contributed by atoms with E-state index < -0.39 is 54.3 Å². The lowest BCUT2D eigenvalue weighted by Crippen LogP contribution is -2.64. The quantitative estimate of drug-likeness (QED) is 0.592. The minimum atomic E-state index is -3.06. The molecule has 2 aromatic rings. The standard InChI is InChI=1S/C18H12BF3N4O3.C2H6.H2/c19-9-1-2-11-12(3-9)17(7-18(21,22)8-17)15(29)26(14(11)28)6-13(27)25-16-23-4-10(20)5-24-16;1-2;/h1-5H,6-8H2,(H,23,24,25,27);1-2H3;1H. The van der Waals surface area contributed by atoms with Crippen LogP contribution in [-0.4, -0.2) is 52.9 Å². The monoisotopic (exact) mass is 432 g/mol. The number of imide groups is 1. The highest BCUT2D eigenvalue weighted by Gasteiger charge is 2.65. The van der Waals surface area contributed by atoms with Gasteiger partial charge in [-0.05, 0) is 11.6 Å². The number of nitrogens with zero attached hydrogens (tertiary/aromatic N) is 3. The van der Waals surface area contributed by atoms with Gasteiger partial charge in [0, 0.05) is 19.8 Å². The van der Waals surface area contributed by atoms with Crippen molar-refractivity contribution in [2.45, 2.75) is 38.0 Å². The molecule has 11 heteroatoms. The van der Waals surface area contributed by atoms with E-state index in [1.54, 1.807) is 0 Å². The van der Waals surface area contributed by atoms with Crippen LogP contribution in [0.15, 0.2) is 30.6 Å². The molecule has 2 aliphatic rings. The van der Waals surface area contributed by atoms with E-state index in [9.17, 15) is 27.6 Å². The second kappa shape index (κ2) is 8.12. The van der Waals surface area contributed by atoms with Gasteiger partial charge in [-0.25, -0.2) is 23.1 Å². The number of alkyl halides is 2. The number of amides is 3. The van der Waals surface area contributed by atoms with Crippen LogP contribution >= 0.6 is 0 Å². The number of halogens is 3. The molecule has 31 heavy (non-hydrogen) atoms. The molecular formula is C20H20BF3N4O3. The molecule has 1 aromatic carbocycles. The van der Waals surface area contributed by atoms with Gasteiger partial charge in [0.05, 0.1) is 17.8 Å². The summed E-state index contributed by atoms with van der Waals surface area (Å²) in [6.07, 6.45) is 0.0985. The van der Waals surface area contributed by atoms with E-state index in [4.69, 9.17) is 7.85 Å². The average Bonchev–Trinajstić information content (AvgIpc) is 2.71. The number of fused-ring (bicyclic) bond motifs is 2. The number of rotatable bonds is 3. The van der Waals surface area contributed by atoms with Gasteiger partial charge >= 0.3 is 0 Å². The summed E-state index contributed by atoms with van der Waals surface area (Å²) in [5.41, 5.74) is -1.19. The number of carbonyl (C=O) groups excluding carboxylic acids is 3. The molecule has 0 atom stereocenters.